The van der Waals surface area contributed by atoms with Crippen molar-refractivity contribution in [3.63, 3.8) is 0 Å². The van der Waals surface area contributed by atoms with Crippen LogP contribution in [0.4, 0.5) is 0 Å². The number of nitrogens with zero attached hydrogens (tertiary/aromatic N) is 2. The van der Waals surface area contributed by atoms with E-state index >= 15 is 0 Å². The van der Waals surface area contributed by atoms with Crippen molar-refractivity contribution in [3.8, 4) is 5.75 Å². The summed E-state index contributed by atoms with van der Waals surface area (Å²) >= 11 is 3.57. The SMILES string of the molecule is CCOC(=O)C1=C(c2ccccc2)N=c2s/c(=C/c3cccc(I)c3)c(=O)n2[C@@H]1c1ccc(OCC)cc1. The number of hydrogen-bond donors (Lipinski definition) is 0. The standard InChI is InChI=1S/C30H25IN2O4S/c1-3-36-23-15-13-21(14-16-23)27-25(29(35)37-4-2)26(20-10-6-5-7-11-20)32-30-33(27)28(34)24(38-30)18-19-9-8-12-22(31)17-19/h5-18,27H,3-4H2,1-2H3/b24-18+/t27-/m1/s1. The number of ether oxygens (including phenoxy) is 2. The number of carbonyl (C=O) groups is 1. The molecular formula is C30H25IN2O4S. The Labute approximate surface area is 237 Å². The van der Waals surface area contributed by atoms with Gasteiger partial charge in [-0.1, -0.05) is 65.9 Å². The molecule has 0 unspecified atom stereocenters. The molecule has 8 heteroatoms. The Morgan fingerprint density at radius 1 is 1.03 bits per heavy atom. The third-order valence-corrected chi connectivity index (χ3v) is 7.68. The second-order valence-electron chi connectivity index (χ2n) is 8.49. The maximum atomic E-state index is 13.9. The lowest BCUT2D eigenvalue weighted by Gasteiger charge is -2.26. The number of carbonyl (C=O) groups excluding carboxylic acids is 1. The van der Waals surface area contributed by atoms with Crippen LogP contribution < -0.4 is 19.6 Å². The molecule has 0 saturated carbocycles. The Hall–Kier alpha value is -3.50. The number of thiazole rings is 1. The highest BCUT2D eigenvalue weighted by Crippen LogP contribution is 2.35. The summed E-state index contributed by atoms with van der Waals surface area (Å²) in [5.74, 6) is 0.216. The molecule has 4 aromatic rings. The molecule has 0 bridgehead atoms. The smallest absolute Gasteiger partial charge is 0.338 e. The number of hydrogen-bond acceptors (Lipinski definition) is 6. The third-order valence-electron chi connectivity index (χ3n) is 6.03. The predicted octanol–water partition coefficient (Wildman–Crippen LogP) is 4.94. The lowest BCUT2D eigenvalue weighted by atomic mass is 9.93. The van der Waals surface area contributed by atoms with Gasteiger partial charge < -0.3 is 9.47 Å². The van der Waals surface area contributed by atoms with Crippen LogP contribution in [0.25, 0.3) is 11.8 Å². The molecule has 0 spiro atoms. The Morgan fingerprint density at radius 2 is 1.79 bits per heavy atom. The minimum Gasteiger partial charge on any atom is -0.494 e. The van der Waals surface area contributed by atoms with Gasteiger partial charge in [-0.25, -0.2) is 9.79 Å². The van der Waals surface area contributed by atoms with Crippen LogP contribution in [0, 0.1) is 3.57 Å². The van der Waals surface area contributed by atoms with Gasteiger partial charge in [0.05, 0.1) is 35.1 Å². The Morgan fingerprint density at radius 3 is 2.47 bits per heavy atom. The minimum atomic E-state index is -0.714. The number of fused-ring (bicyclic) bond motifs is 1. The fraction of sp³-hybridized carbons (Fsp3) is 0.167. The maximum absolute atomic E-state index is 13.9. The van der Waals surface area contributed by atoms with E-state index in [1.165, 1.54) is 11.3 Å². The average molecular weight is 637 g/mol. The van der Waals surface area contributed by atoms with E-state index in [4.69, 9.17) is 14.5 Å². The van der Waals surface area contributed by atoms with E-state index in [1.807, 2.05) is 91.9 Å². The lowest BCUT2D eigenvalue weighted by molar-refractivity contribution is -0.138. The fourth-order valence-corrected chi connectivity index (χ4v) is 5.98. The third kappa shape index (κ3) is 5.23. The van der Waals surface area contributed by atoms with E-state index in [0.717, 1.165) is 20.3 Å². The van der Waals surface area contributed by atoms with Crippen molar-refractivity contribution in [2.45, 2.75) is 19.9 Å². The highest BCUT2D eigenvalue weighted by Gasteiger charge is 2.35. The molecule has 2 heterocycles. The number of halogens is 1. The maximum Gasteiger partial charge on any atom is 0.338 e. The zero-order chi connectivity index (χ0) is 26.6. The Balaban J connectivity index is 1.80. The molecule has 5 rings (SSSR count). The lowest BCUT2D eigenvalue weighted by Crippen LogP contribution is -2.40. The van der Waals surface area contributed by atoms with Crippen LogP contribution in [0.2, 0.25) is 0 Å². The van der Waals surface area contributed by atoms with Crippen molar-refractivity contribution in [3.05, 3.63) is 124 Å². The van der Waals surface area contributed by atoms with Crippen LogP contribution in [-0.4, -0.2) is 23.8 Å². The van der Waals surface area contributed by atoms with Crippen molar-refractivity contribution < 1.29 is 14.3 Å². The molecule has 0 radical (unpaired) electrons. The van der Waals surface area contributed by atoms with Gasteiger partial charge in [0, 0.05) is 9.13 Å². The van der Waals surface area contributed by atoms with Gasteiger partial charge in [0.25, 0.3) is 5.56 Å². The summed E-state index contributed by atoms with van der Waals surface area (Å²) in [4.78, 5) is 32.8. The fourth-order valence-electron chi connectivity index (χ4n) is 4.42. The van der Waals surface area contributed by atoms with Gasteiger partial charge in [-0.15, -0.1) is 0 Å². The van der Waals surface area contributed by atoms with Crippen molar-refractivity contribution in [1.29, 1.82) is 0 Å². The number of rotatable bonds is 7. The number of esters is 1. The number of benzene rings is 3. The molecule has 6 nitrogen and oxygen atoms in total. The van der Waals surface area contributed by atoms with Gasteiger partial charge in [-0.2, -0.15) is 0 Å². The van der Waals surface area contributed by atoms with Crippen LogP contribution >= 0.6 is 33.9 Å². The highest BCUT2D eigenvalue weighted by molar-refractivity contribution is 14.1. The molecule has 0 N–H and O–H groups in total. The molecule has 1 atom stereocenters. The van der Waals surface area contributed by atoms with Crippen LogP contribution in [0.15, 0.2) is 94.2 Å². The molecule has 1 aliphatic rings. The molecule has 1 aromatic heterocycles. The van der Waals surface area contributed by atoms with E-state index in [9.17, 15) is 9.59 Å². The first-order chi connectivity index (χ1) is 18.5. The minimum absolute atomic E-state index is 0.206. The summed E-state index contributed by atoms with van der Waals surface area (Å²) in [6.07, 6.45) is 1.87. The molecule has 0 aliphatic carbocycles. The second-order valence-corrected chi connectivity index (χ2v) is 10.7. The van der Waals surface area contributed by atoms with Gasteiger partial charge >= 0.3 is 5.97 Å². The molecule has 38 heavy (non-hydrogen) atoms. The summed E-state index contributed by atoms with van der Waals surface area (Å²) in [7, 11) is 0. The van der Waals surface area contributed by atoms with E-state index in [2.05, 4.69) is 22.6 Å². The van der Waals surface area contributed by atoms with Crippen molar-refractivity contribution in [1.82, 2.24) is 4.57 Å². The quantitative estimate of drug-likeness (QED) is 0.213. The summed E-state index contributed by atoms with van der Waals surface area (Å²) < 4.78 is 14.4. The van der Waals surface area contributed by atoms with E-state index in [1.54, 1.807) is 11.5 Å². The number of aromatic nitrogens is 1. The summed E-state index contributed by atoms with van der Waals surface area (Å²) in [5.41, 5.74) is 3.09. The van der Waals surface area contributed by atoms with Crippen molar-refractivity contribution in [2.24, 2.45) is 4.99 Å². The van der Waals surface area contributed by atoms with Crippen molar-refractivity contribution >= 4 is 51.7 Å². The second kappa shape index (κ2) is 11.5. The van der Waals surface area contributed by atoms with E-state index < -0.39 is 12.0 Å². The monoisotopic (exact) mass is 636 g/mol. The topological polar surface area (TPSA) is 69.9 Å². The average Bonchev–Trinajstić information content (AvgIpc) is 3.23. The van der Waals surface area contributed by atoms with Crippen LogP contribution in [-0.2, 0) is 9.53 Å². The van der Waals surface area contributed by atoms with Crippen LogP contribution in [0.5, 0.6) is 5.75 Å². The van der Waals surface area contributed by atoms with Crippen LogP contribution in [0.1, 0.15) is 36.6 Å². The Kier molecular flexibility index (Phi) is 7.90. The zero-order valence-electron chi connectivity index (χ0n) is 20.9. The van der Waals surface area contributed by atoms with Gasteiger partial charge in [0.15, 0.2) is 4.80 Å². The first kappa shape index (κ1) is 26.1. The first-order valence-electron chi connectivity index (χ1n) is 12.3. The van der Waals surface area contributed by atoms with Gasteiger partial charge in [0.1, 0.15) is 5.75 Å². The highest BCUT2D eigenvalue weighted by atomic mass is 127. The molecule has 192 valence electrons. The molecule has 0 amide bonds. The van der Waals surface area contributed by atoms with Gasteiger partial charge in [-0.3, -0.25) is 9.36 Å². The molecule has 3 aromatic carbocycles. The zero-order valence-corrected chi connectivity index (χ0v) is 23.9. The molecule has 1 aliphatic heterocycles. The summed E-state index contributed by atoms with van der Waals surface area (Å²) in [6, 6.07) is 24.2. The van der Waals surface area contributed by atoms with Gasteiger partial charge in [0.2, 0.25) is 0 Å². The largest absolute Gasteiger partial charge is 0.494 e. The van der Waals surface area contributed by atoms with Gasteiger partial charge in [-0.05, 0) is 77.9 Å². The molecular weight excluding hydrogens is 611 g/mol. The van der Waals surface area contributed by atoms with Crippen molar-refractivity contribution in [2.75, 3.05) is 13.2 Å². The summed E-state index contributed by atoms with van der Waals surface area (Å²) in [6.45, 7) is 4.44. The summed E-state index contributed by atoms with van der Waals surface area (Å²) in [5, 5.41) is 0. The predicted molar refractivity (Wildman–Crippen MR) is 158 cm³/mol. The van der Waals surface area contributed by atoms with E-state index in [-0.39, 0.29) is 12.2 Å². The normalized spacial score (nSPS) is 15.1. The first-order valence-corrected chi connectivity index (χ1v) is 14.2. The van der Waals surface area contributed by atoms with Crippen LogP contribution in [0.3, 0.4) is 0 Å². The van der Waals surface area contributed by atoms with E-state index in [0.29, 0.717) is 33.0 Å². The molecule has 0 saturated heterocycles. The Bertz CT molecular complexity index is 1690. The molecule has 0 fully saturated rings.